The molecule has 0 amide bonds. The topological polar surface area (TPSA) is 21.3 Å². The van der Waals surface area contributed by atoms with E-state index in [1.165, 1.54) is 44.1 Å². The van der Waals surface area contributed by atoms with Gasteiger partial charge in [0.2, 0.25) is 0 Å². The summed E-state index contributed by atoms with van der Waals surface area (Å²) >= 11 is 0. The summed E-state index contributed by atoms with van der Waals surface area (Å²) in [6, 6.07) is 9.03. The predicted molar refractivity (Wildman–Crippen MR) is 85.2 cm³/mol. The summed E-state index contributed by atoms with van der Waals surface area (Å²) in [4.78, 5) is 0. The van der Waals surface area contributed by atoms with Crippen LogP contribution in [-0.4, -0.2) is 13.2 Å². The fraction of sp³-hybridized carbons (Fsp3) is 0.667. The Hall–Kier alpha value is -1.02. The summed E-state index contributed by atoms with van der Waals surface area (Å²) in [5.41, 5.74) is 1.36. The number of ether oxygens (including phenoxy) is 1. The smallest absolute Gasteiger partial charge is 0.124 e. The van der Waals surface area contributed by atoms with Gasteiger partial charge in [0.25, 0.3) is 0 Å². The minimum absolute atomic E-state index is 0.456. The molecule has 0 heterocycles. The van der Waals surface area contributed by atoms with Gasteiger partial charge in [-0.3, -0.25) is 0 Å². The summed E-state index contributed by atoms with van der Waals surface area (Å²) in [5.74, 6) is 1.83. The maximum atomic E-state index is 5.85. The van der Waals surface area contributed by atoms with Crippen LogP contribution in [0.4, 0.5) is 0 Å². The molecule has 0 bridgehead atoms. The lowest BCUT2D eigenvalue weighted by molar-refractivity contribution is 0.261. The number of para-hydroxylation sites is 1. The zero-order valence-corrected chi connectivity index (χ0v) is 13.0. The molecular weight excluding hydrogens is 246 g/mol. The minimum Gasteiger partial charge on any atom is -0.494 e. The van der Waals surface area contributed by atoms with Gasteiger partial charge in [0, 0.05) is 11.6 Å². The van der Waals surface area contributed by atoms with Crippen molar-refractivity contribution in [3.8, 4) is 5.75 Å². The lowest BCUT2D eigenvalue weighted by atomic mass is 9.81. The maximum Gasteiger partial charge on any atom is 0.124 e. The Morgan fingerprint density at radius 3 is 2.60 bits per heavy atom. The molecule has 20 heavy (non-hydrogen) atoms. The van der Waals surface area contributed by atoms with E-state index in [0.717, 1.165) is 24.8 Å². The Balaban J connectivity index is 2.20. The van der Waals surface area contributed by atoms with Gasteiger partial charge in [-0.05, 0) is 44.7 Å². The first-order valence-electron chi connectivity index (χ1n) is 8.32. The fourth-order valence-electron chi connectivity index (χ4n) is 3.32. The Bertz CT molecular complexity index is 385. The van der Waals surface area contributed by atoms with Crippen LogP contribution in [0.3, 0.4) is 0 Å². The molecule has 2 heteroatoms. The van der Waals surface area contributed by atoms with Gasteiger partial charge in [0.15, 0.2) is 0 Å². The molecule has 0 aliphatic heterocycles. The van der Waals surface area contributed by atoms with E-state index in [1.54, 1.807) is 0 Å². The molecule has 1 saturated carbocycles. The Morgan fingerprint density at radius 2 is 1.90 bits per heavy atom. The first kappa shape index (κ1) is 15.4. The highest BCUT2D eigenvalue weighted by Gasteiger charge is 2.26. The number of nitrogens with one attached hydrogen (secondary N) is 1. The molecule has 2 rings (SSSR count). The summed E-state index contributed by atoms with van der Waals surface area (Å²) in [6.07, 6.45) is 8.05. The number of rotatable bonds is 7. The monoisotopic (exact) mass is 275 g/mol. The van der Waals surface area contributed by atoms with E-state index in [9.17, 15) is 0 Å². The third kappa shape index (κ3) is 3.99. The Labute approximate surface area is 123 Å². The maximum absolute atomic E-state index is 5.85. The molecule has 1 unspecified atom stereocenters. The van der Waals surface area contributed by atoms with Crippen molar-refractivity contribution in [2.75, 3.05) is 13.2 Å². The largest absolute Gasteiger partial charge is 0.494 e. The van der Waals surface area contributed by atoms with Crippen molar-refractivity contribution in [3.63, 3.8) is 0 Å². The van der Waals surface area contributed by atoms with Gasteiger partial charge in [0.05, 0.1) is 6.61 Å². The normalized spacial score (nSPS) is 17.9. The van der Waals surface area contributed by atoms with Crippen molar-refractivity contribution in [2.24, 2.45) is 5.92 Å². The molecule has 112 valence electrons. The van der Waals surface area contributed by atoms with Gasteiger partial charge in [0.1, 0.15) is 5.75 Å². The third-order valence-corrected chi connectivity index (χ3v) is 4.29. The molecule has 0 aromatic heterocycles. The number of benzene rings is 1. The first-order chi connectivity index (χ1) is 9.86. The molecule has 0 saturated heterocycles. The standard InChI is InChI=1S/C18H29NO/c1-3-14-19-18(15-10-6-5-7-11-15)16-12-8-9-13-17(16)20-4-2/h8-9,12-13,15,18-19H,3-7,10-11,14H2,1-2H3. The van der Waals surface area contributed by atoms with Crippen LogP contribution in [0.25, 0.3) is 0 Å². The van der Waals surface area contributed by atoms with Crippen LogP contribution in [0.1, 0.15) is 64.0 Å². The van der Waals surface area contributed by atoms with Crippen molar-refractivity contribution in [2.45, 2.75) is 58.4 Å². The molecule has 1 N–H and O–H groups in total. The average Bonchev–Trinajstić information content (AvgIpc) is 2.50. The van der Waals surface area contributed by atoms with Gasteiger partial charge in [-0.25, -0.2) is 0 Å². The van der Waals surface area contributed by atoms with Crippen molar-refractivity contribution in [3.05, 3.63) is 29.8 Å². The highest BCUT2D eigenvalue weighted by Crippen LogP contribution is 2.37. The second-order valence-corrected chi connectivity index (χ2v) is 5.80. The van der Waals surface area contributed by atoms with Gasteiger partial charge >= 0.3 is 0 Å². The molecule has 1 aromatic carbocycles. The Morgan fingerprint density at radius 1 is 1.15 bits per heavy atom. The number of hydrogen-bond acceptors (Lipinski definition) is 2. The first-order valence-corrected chi connectivity index (χ1v) is 8.32. The van der Waals surface area contributed by atoms with Crippen molar-refractivity contribution >= 4 is 0 Å². The van der Waals surface area contributed by atoms with Crippen LogP contribution in [0.5, 0.6) is 5.75 Å². The highest BCUT2D eigenvalue weighted by molar-refractivity contribution is 5.36. The molecular formula is C18H29NO. The molecule has 1 aromatic rings. The molecule has 1 aliphatic carbocycles. The van der Waals surface area contributed by atoms with Gasteiger partial charge < -0.3 is 10.1 Å². The second-order valence-electron chi connectivity index (χ2n) is 5.80. The Kier molecular flexibility index (Phi) is 6.38. The summed E-state index contributed by atoms with van der Waals surface area (Å²) in [6.45, 7) is 6.12. The summed E-state index contributed by atoms with van der Waals surface area (Å²) in [5, 5.41) is 3.77. The van der Waals surface area contributed by atoms with Crippen molar-refractivity contribution in [1.29, 1.82) is 0 Å². The lowest BCUT2D eigenvalue weighted by Crippen LogP contribution is -2.30. The van der Waals surface area contributed by atoms with Gasteiger partial charge in [-0.15, -0.1) is 0 Å². The van der Waals surface area contributed by atoms with E-state index < -0.39 is 0 Å². The van der Waals surface area contributed by atoms with Crippen LogP contribution in [-0.2, 0) is 0 Å². The van der Waals surface area contributed by atoms with E-state index in [2.05, 4.69) is 43.4 Å². The predicted octanol–water partition coefficient (Wildman–Crippen LogP) is 4.71. The fourth-order valence-corrected chi connectivity index (χ4v) is 3.32. The van der Waals surface area contributed by atoms with E-state index in [1.807, 2.05) is 0 Å². The van der Waals surface area contributed by atoms with Crippen LogP contribution < -0.4 is 10.1 Å². The molecule has 1 aliphatic rings. The number of hydrogen-bond donors (Lipinski definition) is 1. The summed E-state index contributed by atoms with van der Waals surface area (Å²) < 4.78 is 5.85. The molecule has 0 radical (unpaired) electrons. The van der Waals surface area contributed by atoms with Crippen LogP contribution >= 0.6 is 0 Å². The van der Waals surface area contributed by atoms with Crippen molar-refractivity contribution in [1.82, 2.24) is 5.32 Å². The third-order valence-electron chi connectivity index (χ3n) is 4.29. The minimum atomic E-state index is 0.456. The SMILES string of the molecule is CCCNC(c1ccccc1OCC)C1CCCCC1. The van der Waals surface area contributed by atoms with Crippen molar-refractivity contribution < 1.29 is 4.74 Å². The van der Waals surface area contributed by atoms with Crippen LogP contribution in [0.15, 0.2) is 24.3 Å². The average molecular weight is 275 g/mol. The van der Waals surface area contributed by atoms with E-state index in [0.29, 0.717) is 6.04 Å². The highest BCUT2D eigenvalue weighted by atomic mass is 16.5. The second kappa shape index (κ2) is 8.31. The zero-order valence-electron chi connectivity index (χ0n) is 13.0. The van der Waals surface area contributed by atoms with E-state index in [4.69, 9.17) is 4.74 Å². The quantitative estimate of drug-likeness (QED) is 0.778. The molecule has 2 nitrogen and oxygen atoms in total. The van der Waals surface area contributed by atoms with Crippen LogP contribution in [0.2, 0.25) is 0 Å². The molecule has 1 fully saturated rings. The van der Waals surface area contributed by atoms with Gasteiger partial charge in [-0.2, -0.15) is 0 Å². The molecule has 0 spiro atoms. The van der Waals surface area contributed by atoms with Crippen LogP contribution in [0, 0.1) is 5.92 Å². The van der Waals surface area contributed by atoms with E-state index in [-0.39, 0.29) is 0 Å². The molecule has 1 atom stereocenters. The lowest BCUT2D eigenvalue weighted by Gasteiger charge is -2.32. The zero-order chi connectivity index (χ0) is 14.2. The van der Waals surface area contributed by atoms with E-state index >= 15 is 0 Å². The van der Waals surface area contributed by atoms with Gasteiger partial charge in [-0.1, -0.05) is 44.4 Å². The summed E-state index contributed by atoms with van der Waals surface area (Å²) in [7, 11) is 0.